The molecule has 0 atom stereocenters. The van der Waals surface area contributed by atoms with Crippen LogP contribution in [0.3, 0.4) is 0 Å². The van der Waals surface area contributed by atoms with E-state index in [0.29, 0.717) is 0 Å². The summed E-state index contributed by atoms with van der Waals surface area (Å²) < 4.78 is 6.30. The second-order valence-corrected chi connectivity index (χ2v) is 6.43. The van der Waals surface area contributed by atoms with Gasteiger partial charge in [-0.15, -0.1) is 0 Å². The lowest BCUT2D eigenvalue weighted by molar-refractivity contribution is 0.0568. The van der Waals surface area contributed by atoms with E-state index >= 15 is 0 Å². The van der Waals surface area contributed by atoms with Crippen LogP contribution in [0.15, 0.2) is 42.5 Å². The van der Waals surface area contributed by atoms with Crippen LogP contribution in [-0.4, -0.2) is 17.3 Å². The first-order chi connectivity index (χ1) is 11.1. The van der Waals surface area contributed by atoms with Crippen molar-refractivity contribution in [2.24, 2.45) is 0 Å². The Morgan fingerprint density at radius 2 is 1.87 bits per heavy atom. The summed E-state index contributed by atoms with van der Waals surface area (Å²) in [5.74, 6) is 1.04. The number of anilines is 1. The first-order valence-corrected chi connectivity index (χ1v) is 8.38. The fraction of sp³-hybridized carbons (Fsp3) is 0.400. The highest BCUT2D eigenvalue weighted by Crippen LogP contribution is 2.42. The van der Waals surface area contributed by atoms with E-state index in [4.69, 9.17) is 4.74 Å². The zero-order chi connectivity index (χ0) is 16.4. The van der Waals surface area contributed by atoms with Crippen molar-refractivity contribution in [3.05, 3.63) is 53.6 Å². The number of nitrogens with zero attached hydrogens (tertiary/aromatic N) is 1. The van der Waals surface area contributed by atoms with Crippen LogP contribution < -0.4 is 9.64 Å². The van der Waals surface area contributed by atoms with Gasteiger partial charge in [-0.2, -0.15) is 0 Å². The van der Waals surface area contributed by atoms with E-state index in [1.54, 1.807) is 12.1 Å². The van der Waals surface area contributed by atoms with E-state index in [9.17, 15) is 5.11 Å². The van der Waals surface area contributed by atoms with Crippen LogP contribution in [-0.2, 0) is 6.54 Å². The zero-order valence-electron chi connectivity index (χ0n) is 14.2. The smallest absolute Gasteiger partial charge is 0.147 e. The third-order valence-electron chi connectivity index (χ3n) is 5.00. The molecular formula is C20H25NO2. The number of phenolic OH excluding ortho intramolecular Hbond substituents is 1. The van der Waals surface area contributed by atoms with Gasteiger partial charge in [0.1, 0.15) is 17.1 Å². The van der Waals surface area contributed by atoms with Gasteiger partial charge < -0.3 is 14.7 Å². The molecule has 3 heteroatoms. The van der Waals surface area contributed by atoms with Crippen molar-refractivity contribution in [2.45, 2.75) is 45.8 Å². The van der Waals surface area contributed by atoms with Crippen molar-refractivity contribution in [3.8, 4) is 11.5 Å². The first-order valence-electron chi connectivity index (χ1n) is 8.38. The quantitative estimate of drug-likeness (QED) is 0.891. The predicted octanol–water partition coefficient (Wildman–Crippen LogP) is 4.66. The Labute approximate surface area is 138 Å². The Morgan fingerprint density at radius 3 is 2.57 bits per heavy atom. The van der Waals surface area contributed by atoms with Crippen LogP contribution in [0.4, 0.5) is 5.69 Å². The SMILES string of the molecule is CCC1(CC)CN(Cc2ccccc2C)c2ccc(O)cc2O1. The number of hydrogen-bond donors (Lipinski definition) is 1. The number of hydrogen-bond acceptors (Lipinski definition) is 3. The number of ether oxygens (including phenoxy) is 1. The van der Waals surface area contributed by atoms with E-state index < -0.39 is 0 Å². The summed E-state index contributed by atoms with van der Waals surface area (Å²) in [5.41, 5.74) is 3.50. The van der Waals surface area contributed by atoms with Crippen LogP contribution in [0.2, 0.25) is 0 Å². The number of benzene rings is 2. The van der Waals surface area contributed by atoms with Gasteiger partial charge in [0.2, 0.25) is 0 Å². The van der Waals surface area contributed by atoms with E-state index in [1.807, 2.05) is 6.07 Å². The molecule has 3 rings (SSSR count). The normalized spacial score (nSPS) is 15.9. The summed E-state index contributed by atoms with van der Waals surface area (Å²) >= 11 is 0. The molecule has 122 valence electrons. The van der Waals surface area contributed by atoms with Gasteiger partial charge in [-0.05, 0) is 43.0 Å². The summed E-state index contributed by atoms with van der Waals surface area (Å²) in [6.45, 7) is 8.22. The summed E-state index contributed by atoms with van der Waals surface area (Å²) in [5, 5.41) is 9.83. The molecule has 3 nitrogen and oxygen atoms in total. The molecule has 2 aromatic carbocycles. The lowest BCUT2D eigenvalue weighted by Gasteiger charge is -2.44. The summed E-state index contributed by atoms with van der Waals surface area (Å²) in [4.78, 5) is 2.38. The molecule has 1 aliphatic heterocycles. The standard InChI is InChI=1S/C20H25NO2/c1-4-20(5-2)14-21(13-16-9-7-6-8-15(16)3)18-11-10-17(22)12-19(18)23-20/h6-12,22H,4-5,13-14H2,1-3H3. The first kappa shape index (κ1) is 15.7. The Bertz CT molecular complexity index is 692. The average Bonchev–Trinajstić information content (AvgIpc) is 2.56. The van der Waals surface area contributed by atoms with Crippen molar-refractivity contribution in [1.82, 2.24) is 0 Å². The minimum atomic E-state index is -0.191. The highest BCUT2D eigenvalue weighted by molar-refractivity contribution is 5.63. The van der Waals surface area contributed by atoms with E-state index in [-0.39, 0.29) is 11.4 Å². The molecule has 23 heavy (non-hydrogen) atoms. The van der Waals surface area contributed by atoms with Crippen molar-refractivity contribution in [3.63, 3.8) is 0 Å². The molecular weight excluding hydrogens is 286 g/mol. The second kappa shape index (κ2) is 6.15. The average molecular weight is 311 g/mol. The summed E-state index contributed by atoms with van der Waals surface area (Å²) in [6, 6.07) is 13.9. The highest BCUT2D eigenvalue weighted by Gasteiger charge is 2.37. The third-order valence-corrected chi connectivity index (χ3v) is 5.00. The summed E-state index contributed by atoms with van der Waals surface area (Å²) in [7, 11) is 0. The lowest BCUT2D eigenvalue weighted by atomic mass is 9.93. The molecule has 0 bridgehead atoms. The maximum absolute atomic E-state index is 9.83. The molecule has 2 aromatic rings. The topological polar surface area (TPSA) is 32.7 Å². The largest absolute Gasteiger partial charge is 0.508 e. The van der Waals surface area contributed by atoms with E-state index in [1.165, 1.54) is 11.1 Å². The number of phenols is 1. The van der Waals surface area contributed by atoms with Crippen LogP contribution in [0.25, 0.3) is 0 Å². The van der Waals surface area contributed by atoms with Gasteiger partial charge in [-0.3, -0.25) is 0 Å². The zero-order valence-corrected chi connectivity index (χ0v) is 14.2. The molecule has 0 spiro atoms. The third kappa shape index (κ3) is 3.00. The van der Waals surface area contributed by atoms with Crippen molar-refractivity contribution in [2.75, 3.05) is 11.4 Å². The minimum Gasteiger partial charge on any atom is -0.508 e. The molecule has 0 radical (unpaired) electrons. The van der Waals surface area contributed by atoms with Crippen LogP contribution >= 0.6 is 0 Å². The molecule has 1 N–H and O–H groups in total. The summed E-state index contributed by atoms with van der Waals surface area (Å²) in [6.07, 6.45) is 1.89. The molecule has 1 aliphatic rings. The van der Waals surface area contributed by atoms with Crippen molar-refractivity contribution < 1.29 is 9.84 Å². The molecule has 0 unspecified atom stereocenters. The minimum absolute atomic E-state index is 0.191. The molecule has 0 amide bonds. The lowest BCUT2D eigenvalue weighted by Crippen LogP contribution is -2.50. The van der Waals surface area contributed by atoms with Gasteiger partial charge in [0, 0.05) is 12.6 Å². The maximum Gasteiger partial charge on any atom is 0.147 e. The van der Waals surface area contributed by atoms with Gasteiger partial charge >= 0.3 is 0 Å². The number of aryl methyl sites for hydroxylation is 1. The number of aromatic hydroxyl groups is 1. The van der Waals surface area contributed by atoms with Crippen molar-refractivity contribution >= 4 is 5.69 Å². The van der Waals surface area contributed by atoms with Gasteiger partial charge in [0.15, 0.2) is 0 Å². The van der Waals surface area contributed by atoms with Gasteiger partial charge in [0.05, 0.1) is 12.2 Å². The molecule has 1 heterocycles. The van der Waals surface area contributed by atoms with E-state index in [2.05, 4.69) is 49.9 Å². The Kier molecular flexibility index (Phi) is 4.20. The fourth-order valence-corrected chi connectivity index (χ4v) is 3.30. The van der Waals surface area contributed by atoms with Crippen LogP contribution in [0.5, 0.6) is 11.5 Å². The Balaban J connectivity index is 2.00. The van der Waals surface area contributed by atoms with E-state index in [0.717, 1.165) is 37.4 Å². The molecule has 0 saturated heterocycles. The van der Waals surface area contributed by atoms with Gasteiger partial charge in [-0.25, -0.2) is 0 Å². The monoisotopic (exact) mass is 311 g/mol. The molecule has 0 saturated carbocycles. The van der Waals surface area contributed by atoms with Crippen LogP contribution in [0, 0.1) is 6.92 Å². The van der Waals surface area contributed by atoms with Gasteiger partial charge in [-0.1, -0.05) is 38.1 Å². The van der Waals surface area contributed by atoms with Crippen molar-refractivity contribution in [1.29, 1.82) is 0 Å². The fourth-order valence-electron chi connectivity index (χ4n) is 3.30. The Morgan fingerprint density at radius 1 is 1.13 bits per heavy atom. The predicted molar refractivity (Wildman–Crippen MR) is 94.3 cm³/mol. The number of rotatable bonds is 4. The van der Waals surface area contributed by atoms with Gasteiger partial charge in [0.25, 0.3) is 0 Å². The molecule has 0 fully saturated rings. The highest BCUT2D eigenvalue weighted by atomic mass is 16.5. The second-order valence-electron chi connectivity index (χ2n) is 6.43. The van der Waals surface area contributed by atoms with Crippen LogP contribution in [0.1, 0.15) is 37.8 Å². The molecule has 0 aliphatic carbocycles. The number of fused-ring (bicyclic) bond motifs is 1. The Hall–Kier alpha value is -2.16. The molecule has 0 aromatic heterocycles. The maximum atomic E-state index is 9.83.